The Morgan fingerprint density at radius 2 is 2.00 bits per heavy atom. The highest BCUT2D eigenvalue weighted by atomic mass is 79.9. The fourth-order valence-corrected chi connectivity index (χ4v) is 3.58. The molecule has 0 saturated heterocycles. The Bertz CT molecular complexity index is 421. The van der Waals surface area contributed by atoms with Gasteiger partial charge in [0.15, 0.2) is 0 Å². The second kappa shape index (κ2) is 7.54. The van der Waals surface area contributed by atoms with E-state index in [0.717, 1.165) is 41.5 Å². The number of nitrogens with zero attached hydrogens (tertiary/aromatic N) is 2. The molecule has 0 aliphatic carbocycles. The van der Waals surface area contributed by atoms with Crippen molar-refractivity contribution in [1.29, 1.82) is 0 Å². The number of hydrogen-bond acceptors (Lipinski definition) is 4. The van der Waals surface area contributed by atoms with Gasteiger partial charge in [-0.15, -0.1) is 0 Å². The van der Waals surface area contributed by atoms with Crippen molar-refractivity contribution in [2.75, 3.05) is 7.11 Å². The van der Waals surface area contributed by atoms with Gasteiger partial charge in [0, 0.05) is 20.6 Å². The lowest BCUT2D eigenvalue weighted by Gasteiger charge is -2.38. The first kappa shape index (κ1) is 17.6. The number of aryl methyl sites for hydroxylation is 2. The number of nitrogens with one attached hydrogen (secondary N) is 1. The SMILES string of the molecule is CCc1nn(C)c(CC(NN)C(CC)(CC)OC)c1Br. The summed E-state index contributed by atoms with van der Waals surface area (Å²) < 4.78 is 8.80. The molecule has 1 unspecified atom stereocenters. The van der Waals surface area contributed by atoms with E-state index in [2.05, 4.69) is 47.2 Å². The summed E-state index contributed by atoms with van der Waals surface area (Å²) >= 11 is 3.66. The molecule has 1 atom stereocenters. The molecule has 0 spiro atoms. The molecule has 0 fully saturated rings. The number of nitrogens with two attached hydrogens (primary N) is 1. The van der Waals surface area contributed by atoms with Gasteiger partial charge in [0.25, 0.3) is 0 Å². The Morgan fingerprint density at radius 3 is 2.35 bits per heavy atom. The molecule has 0 saturated carbocycles. The summed E-state index contributed by atoms with van der Waals surface area (Å²) in [6.07, 6.45) is 3.50. The third-order valence-electron chi connectivity index (χ3n) is 4.34. The van der Waals surface area contributed by atoms with Crippen molar-refractivity contribution in [3.63, 3.8) is 0 Å². The van der Waals surface area contributed by atoms with Crippen molar-refractivity contribution >= 4 is 15.9 Å². The van der Waals surface area contributed by atoms with Gasteiger partial charge in [-0.1, -0.05) is 20.8 Å². The van der Waals surface area contributed by atoms with E-state index in [1.54, 1.807) is 7.11 Å². The number of hydrazine groups is 1. The minimum Gasteiger partial charge on any atom is -0.377 e. The standard InChI is InChI=1S/C14H27BrN4O/c1-6-10-13(15)11(19(4)18-10)9-12(17-16)14(7-2,8-3)20-5/h12,17H,6-9,16H2,1-5H3. The molecule has 6 heteroatoms. The lowest BCUT2D eigenvalue weighted by Crippen LogP contribution is -2.55. The first-order valence-corrected chi connectivity index (χ1v) is 8.00. The van der Waals surface area contributed by atoms with E-state index in [9.17, 15) is 0 Å². The number of methoxy groups -OCH3 is 1. The molecule has 0 aliphatic rings. The van der Waals surface area contributed by atoms with E-state index in [0.29, 0.717) is 0 Å². The predicted octanol–water partition coefficient (Wildman–Crippen LogP) is 2.32. The number of ether oxygens (including phenoxy) is 1. The van der Waals surface area contributed by atoms with Crippen LogP contribution in [0.5, 0.6) is 0 Å². The lowest BCUT2D eigenvalue weighted by atomic mass is 9.85. The second-order valence-electron chi connectivity index (χ2n) is 5.08. The summed E-state index contributed by atoms with van der Waals surface area (Å²) in [6.45, 7) is 6.37. The van der Waals surface area contributed by atoms with Gasteiger partial charge in [0.1, 0.15) is 0 Å². The van der Waals surface area contributed by atoms with E-state index in [1.165, 1.54) is 0 Å². The molecular formula is C14H27BrN4O. The van der Waals surface area contributed by atoms with Gasteiger partial charge in [-0.3, -0.25) is 16.0 Å². The Labute approximate surface area is 130 Å². The zero-order valence-corrected chi connectivity index (χ0v) is 14.7. The lowest BCUT2D eigenvalue weighted by molar-refractivity contribution is -0.0477. The van der Waals surface area contributed by atoms with Gasteiger partial charge in [0.2, 0.25) is 0 Å². The summed E-state index contributed by atoms with van der Waals surface area (Å²) in [4.78, 5) is 0. The molecular weight excluding hydrogens is 320 g/mol. The first-order valence-electron chi connectivity index (χ1n) is 7.21. The maximum atomic E-state index is 5.80. The molecule has 0 bridgehead atoms. The molecule has 20 heavy (non-hydrogen) atoms. The Balaban J connectivity index is 3.08. The molecule has 0 radical (unpaired) electrons. The number of halogens is 1. The van der Waals surface area contributed by atoms with Crippen LogP contribution < -0.4 is 11.3 Å². The quantitative estimate of drug-likeness (QED) is 0.560. The van der Waals surface area contributed by atoms with Crippen molar-refractivity contribution in [1.82, 2.24) is 15.2 Å². The molecule has 0 aromatic carbocycles. The fourth-order valence-electron chi connectivity index (χ4n) is 2.81. The van der Waals surface area contributed by atoms with Gasteiger partial charge in [-0.25, -0.2) is 0 Å². The molecule has 0 amide bonds. The van der Waals surface area contributed by atoms with Crippen LogP contribution in [0.3, 0.4) is 0 Å². The third kappa shape index (κ3) is 3.24. The van der Waals surface area contributed by atoms with E-state index in [-0.39, 0.29) is 11.6 Å². The van der Waals surface area contributed by atoms with Crippen LogP contribution in [-0.2, 0) is 24.6 Å². The number of rotatable bonds is 8. The Kier molecular flexibility index (Phi) is 6.64. The minimum atomic E-state index is -0.259. The Morgan fingerprint density at radius 1 is 1.40 bits per heavy atom. The van der Waals surface area contributed by atoms with Crippen LogP contribution in [0.2, 0.25) is 0 Å². The van der Waals surface area contributed by atoms with E-state index < -0.39 is 0 Å². The van der Waals surface area contributed by atoms with E-state index in [4.69, 9.17) is 10.6 Å². The molecule has 1 heterocycles. The van der Waals surface area contributed by atoms with Crippen molar-refractivity contribution < 1.29 is 4.74 Å². The summed E-state index contributed by atoms with van der Waals surface area (Å²) in [5.74, 6) is 5.80. The largest absolute Gasteiger partial charge is 0.377 e. The first-order chi connectivity index (χ1) is 9.49. The van der Waals surface area contributed by atoms with Gasteiger partial charge < -0.3 is 4.74 Å². The van der Waals surface area contributed by atoms with Gasteiger partial charge in [-0.05, 0) is 35.2 Å². The number of aromatic nitrogens is 2. The fraction of sp³-hybridized carbons (Fsp3) is 0.786. The average molecular weight is 347 g/mol. The molecule has 116 valence electrons. The van der Waals surface area contributed by atoms with Crippen LogP contribution in [0.15, 0.2) is 4.47 Å². The summed E-state index contributed by atoms with van der Waals surface area (Å²) in [6, 6.07) is 0.0407. The molecule has 1 rings (SSSR count). The monoisotopic (exact) mass is 346 g/mol. The van der Waals surface area contributed by atoms with E-state index in [1.807, 2.05) is 11.7 Å². The van der Waals surface area contributed by atoms with Gasteiger partial charge in [-0.2, -0.15) is 5.10 Å². The number of hydrogen-bond donors (Lipinski definition) is 2. The maximum absolute atomic E-state index is 5.80. The molecule has 5 nitrogen and oxygen atoms in total. The highest BCUT2D eigenvalue weighted by Gasteiger charge is 2.36. The van der Waals surface area contributed by atoms with Crippen LogP contribution in [0, 0.1) is 0 Å². The average Bonchev–Trinajstić information content (AvgIpc) is 2.75. The Hall–Kier alpha value is -0.430. The second-order valence-corrected chi connectivity index (χ2v) is 5.88. The normalized spacial score (nSPS) is 13.8. The summed E-state index contributed by atoms with van der Waals surface area (Å²) in [5.41, 5.74) is 4.90. The summed E-state index contributed by atoms with van der Waals surface area (Å²) in [7, 11) is 3.73. The molecule has 1 aromatic rings. The van der Waals surface area contributed by atoms with Gasteiger partial charge in [0.05, 0.1) is 27.5 Å². The van der Waals surface area contributed by atoms with Crippen molar-refractivity contribution in [2.45, 2.75) is 58.1 Å². The smallest absolute Gasteiger partial charge is 0.0843 e. The topological polar surface area (TPSA) is 65.1 Å². The van der Waals surface area contributed by atoms with Crippen molar-refractivity contribution in [3.05, 3.63) is 15.9 Å². The van der Waals surface area contributed by atoms with Crippen LogP contribution in [0.1, 0.15) is 45.0 Å². The molecule has 1 aromatic heterocycles. The molecule has 3 N–H and O–H groups in total. The predicted molar refractivity (Wildman–Crippen MR) is 85.4 cm³/mol. The zero-order valence-electron chi connectivity index (χ0n) is 13.2. The summed E-state index contributed by atoms with van der Waals surface area (Å²) in [5, 5.41) is 4.54. The van der Waals surface area contributed by atoms with Crippen molar-refractivity contribution in [2.24, 2.45) is 12.9 Å². The van der Waals surface area contributed by atoms with Gasteiger partial charge >= 0.3 is 0 Å². The minimum absolute atomic E-state index is 0.0407. The molecule has 0 aliphatic heterocycles. The van der Waals surface area contributed by atoms with Crippen molar-refractivity contribution in [3.8, 4) is 0 Å². The van der Waals surface area contributed by atoms with E-state index >= 15 is 0 Å². The van der Waals surface area contributed by atoms with Crippen LogP contribution in [0.25, 0.3) is 0 Å². The highest BCUT2D eigenvalue weighted by Crippen LogP contribution is 2.29. The zero-order chi connectivity index (χ0) is 15.3. The van der Waals surface area contributed by atoms with Crippen LogP contribution >= 0.6 is 15.9 Å². The van der Waals surface area contributed by atoms with Crippen LogP contribution in [0.4, 0.5) is 0 Å². The third-order valence-corrected chi connectivity index (χ3v) is 5.26. The highest BCUT2D eigenvalue weighted by molar-refractivity contribution is 9.10. The van der Waals surface area contributed by atoms with Crippen LogP contribution in [-0.4, -0.2) is 28.5 Å². The maximum Gasteiger partial charge on any atom is 0.0843 e.